The van der Waals surface area contributed by atoms with E-state index in [1.165, 1.54) is 12.1 Å². The van der Waals surface area contributed by atoms with Gasteiger partial charge in [0.2, 0.25) is 0 Å². The Kier molecular flexibility index (Phi) is 4.87. The molecule has 1 unspecified atom stereocenters. The number of rotatable bonds is 4. The Hall–Kier alpha value is -0.480. The van der Waals surface area contributed by atoms with E-state index in [-0.39, 0.29) is 16.3 Å². The Balaban J connectivity index is 3.05. The van der Waals surface area contributed by atoms with Crippen LogP contribution in [0.3, 0.4) is 0 Å². The second-order valence-electron chi connectivity index (χ2n) is 4.26. The number of benzene rings is 1. The molecule has 90 valence electrons. The minimum atomic E-state index is -0.430. The third kappa shape index (κ3) is 3.25. The molecule has 0 fully saturated rings. The summed E-state index contributed by atoms with van der Waals surface area (Å²) >= 11 is 2.97. The second-order valence-corrected chi connectivity index (χ2v) is 5.11. The van der Waals surface area contributed by atoms with E-state index in [0.29, 0.717) is 11.5 Å². The van der Waals surface area contributed by atoms with Crippen LogP contribution in [-0.4, -0.2) is 7.05 Å². The standard InChI is InChI=1S/C12H16BrF2N/c1-7(2)4-12(16-3)8-5-11(15)9(13)6-10(8)14/h5-7,12,16H,4H2,1-3H3. The molecular weight excluding hydrogens is 276 g/mol. The molecule has 1 rings (SSSR count). The summed E-state index contributed by atoms with van der Waals surface area (Å²) in [7, 11) is 1.76. The van der Waals surface area contributed by atoms with Gasteiger partial charge in [-0.1, -0.05) is 13.8 Å². The van der Waals surface area contributed by atoms with Crippen LogP contribution in [0.2, 0.25) is 0 Å². The van der Waals surface area contributed by atoms with Crippen molar-refractivity contribution < 1.29 is 8.78 Å². The molecule has 0 spiro atoms. The molecule has 0 radical (unpaired) electrons. The summed E-state index contributed by atoms with van der Waals surface area (Å²) in [6.07, 6.45) is 0.772. The molecule has 0 aliphatic rings. The van der Waals surface area contributed by atoms with Crippen molar-refractivity contribution in [1.82, 2.24) is 5.32 Å². The molecular formula is C12H16BrF2N. The van der Waals surface area contributed by atoms with Crippen LogP contribution in [0, 0.1) is 17.6 Å². The van der Waals surface area contributed by atoms with Crippen molar-refractivity contribution >= 4 is 15.9 Å². The first-order valence-electron chi connectivity index (χ1n) is 5.27. The Labute approximate surface area is 103 Å². The van der Waals surface area contributed by atoms with Crippen molar-refractivity contribution in [3.05, 3.63) is 33.8 Å². The topological polar surface area (TPSA) is 12.0 Å². The van der Waals surface area contributed by atoms with E-state index >= 15 is 0 Å². The average Bonchev–Trinajstić information content (AvgIpc) is 2.20. The van der Waals surface area contributed by atoms with Gasteiger partial charge >= 0.3 is 0 Å². The second kappa shape index (κ2) is 5.73. The number of hydrogen-bond acceptors (Lipinski definition) is 1. The van der Waals surface area contributed by atoms with Gasteiger partial charge in [-0.2, -0.15) is 0 Å². The molecule has 0 bridgehead atoms. The van der Waals surface area contributed by atoms with Crippen LogP contribution in [0.25, 0.3) is 0 Å². The normalized spacial score (nSPS) is 13.2. The van der Waals surface area contributed by atoms with Gasteiger partial charge in [-0.25, -0.2) is 8.78 Å². The molecule has 0 heterocycles. The zero-order valence-electron chi connectivity index (χ0n) is 9.65. The quantitative estimate of drug-likeness (QED) is 0.826. The van der Waals surface area contributed by atoms with Gasteiger partial charge in [0, 0.05) is 11.6 Å². The van der Waals surface area contributed by atoms with E-state index in [9.17, 15) is 8.78 Å². The largest absolute Gasteiger partial charge is 0.313 e. The van der Waals surface area contributed by atoms with E-state index in [1.54, 1.807) is 7.05 Å². The van der Waals surface area contributed by atoms with Crippen molar-refractivity contribution in [3.8, 4) is 0 Å². The predicted molar refractivity (Wildman–Crippen MR) is 65.3 cm³/mol. The molecule has 1 N–H and O–H groups in total. The van der Waals surface area contributed by atoms with Crippen LogP contribution in [0.4, 0.5) is 8.78 Å². The minimum absolute atomic E-state index is 0.150. The highest BCUT2D eigenvalue weighted by atomic mass is 79.9. The van der Waals surface area contributed by atoms with Crippen molar-refractivity contribution in [2.24, 2.45) is 5.92 Å². The molecule has 1 nitrogen and oxygen atoms in total. The zero-order chi connectivity index (χ0) is 12.3. The monoisotopic (exact) mass is 291 g/mol. The number of nitrogens with one attached hydrogen (secondary N) is 1. The van der Waals surface area contributed by atoms with Crippen LogP contribution in [0.5, 0.6) is 0 Å². The number of halogens is 3. The van der Waals surface area contributed by atoms with E-state index in [1.807, 2.05) is 0 Å². The molecule has 16 heavy (non-hydrogen) atoms. The van der Waals surface area contributed by atoms with Crippen LogP contribution in [0.1, 0.15) is 31.9 Å². The third-order valence-electron chi connectivity index (χ3n) is 2.47. The molecule has 0 aliphatic carbocycles. The highest BCUT2D eigenvalue weighted by Crippen LogP contribution is 2.27. The average molecular weight is 292 g/mol. The fourth-order valence-corrected chi connectivity index (χ4v) is 1.99. The highest BCUT2D eigenvalue weighted by Gasteiger charge is 2.17. The molecule has 1 aromatic carbocycles. The Morgan fingerprint density at radius 3 is 2.38 bits per heavy atom. The van der Waals surface area contributed by atoms with E-state index in [0.717, 1.165) is 6.42 Å². The lowest BCUT2D eigenvalue weighted by molar-refractivity contribution is 0.437. The van der Waals surface area contributed by atoms with Gasteiger partial charge in [0.15, 0.2) is 0 Å². The maximum atomic E-state index is 13.7. The molecule has 0 amide bonds. The predicted octanol–water partition coefficient (Wildman–Crippen LogP) is 4.03. The van der Waals surface area contributed by atoms with Crippen LogP contribution >= 0.6 is 15.9 Å². The zero-order valence-corrected chi connectivity index (χ0v) is 11.2. The summed E-state index contributed by atoms with van der Waals surface area (Å²) < 4.78 is 27.2. The lowest BCUT2D eigenvalue weighted by atomic mass is 9.97. The van der Waals surface area contributed by atoms with Gasteiger partial charge in [-0.3, -0.25) is 0 Å². The molecule has 1 aromatic rings. The molecule has 4 heteroatoms. The molecule has 0 saturated carbocycles. The lowest BCUT2D eigenvalue weighted by Crippen LogP contribution is -2.19. The molecule has 0 saturated heterocycles. The SMILES string of the molecule is CNC(CC(C)C)c1cc(F)c(Br)cc1F. The summed E-state index contributed by atoms with van der Waals surface area (Å²) in [6, 6.07) is 2.28. The summed E-state index contributed by atoms with van der Waals surface area (Å²) in [5.74, 6) is -0.391. The first-order valence-corrected chi connectivity index (χ1v) is 6.06. The first kappa shape index (κ1) is 13.6. The third-order valence-corrected chi connectivity index (χ3v) is 3.08. The Morgan fingerprint density at radius 2 is 1.88 bits per heavy atom. The maximum Gasteiger partial charge on any atom is 0.137 e. The fraction of sp³-hybridized carbons (Fsp3) is 0.500. The molecule has 0 aliphatic heterocycles. The van der Waals surface area contributed by atoms with E-state index < -0.39 is 5.82 Å². The van der Waals surface area contributed by atoms with E-state index in [4.69, 9.17) is 0 Å². The van der Waals surface area contributed by atoms with Crippen LogP contribution in [-0.2, 0) is 0 Å². The van der Waals surface area contributed by atoms with E-state index in [2.05, 4.69) is 35.1 Å². The molecule has 1 atom stereocenters. The van der Waals surface area contributed by atoms with Crippen molar-refractivity contribution in [2.75, 3.05) is 7.05 Å². The summed E-state index contributed by atoms with van der Waals surface area (Å²) in [6.45, 7) is 4.11. The highest BCUT2D eigenvalue weighted by molar-refractivity contribution is 9.10. The van der Waals surface area contributed by atoms with Crippen molar-refractivity contribution in [3.63, 3.8) is 0 Å². The van der Waals surface area contributed by atoms with Gasteiger partial charge in [-0.15, -0.1) is 0 Å². The van der Waals surface area contributed by atoms with Crippen molar-refractivity contribution in [1.29, 1.82) is 0 Å². The lowest BCUT2D eigenvalue weighted by Gasteiger charge is -2.19. The van der Waals surface area contributed by atoms with Gasteiger partial charge in [-0.05, 0) is 47.4 Å². The summed E-state index contributed by atoms with van der Waals surface area (Å²) in [5.41, 5.74) is 0.386. The molecule has 0 aromatic heterocycles. The number of hydrogen-bond donors (Lipinski definition) is 1. The van der Waals surface area contributed by atoms with Gasteiger partial charge in [0.05, 0.1) is 4.47 Å². The minimum Gasteiger partial charge on any atom is -0.313 e. The Bertz CT molecular complexity index is 366. The van der Waals surface area contributed by atoms with Crippen LogP contribution in [0.15, 0.2) is 16.6 Å². The van der Waals surface area contributed by atoms with Gasteiger partial charge in [0.1, 0.15) is 11.6 Å². The smallest absolute Gasteiger partial charge is 0.137 e. The maximum absolute atomic E-state index is 13.7. The van der Waals surface area contributed by atoms with Gasteiger partial charge < -0.3 is 5.32 Å². The fourth-order valence-electron chi connectivity index (χ4n) is 1.68. The van der Waals surface area contributed by atoms with Crippen molar-refractivity contribution in [2.45, 2.75) is 26.3 Å². The van der Waals surface area contributed by atoms with Crippen LogP contribution < -0.4 is 5.32 Å². The first-order chi connectivity index (χ1) is 7.45. The Morgan fingerprint density at radius 1 is 1.25 bits per heavy atom. The van der Waals surface area contributed by atoms with Gasteiger partial charge in [0.25, 0.3) is 0 Å². The summed E-state index contributed by atoms with van der Waals surface area (Å²) in [4.78, 5) is 0. The summed E-state index contributed by atoms with van der Waals surface area (Å²) in [5, 5.41) is 3.02.